The van der Waals surface area contributed by atoms with Gasteiger partial charge in [-0.3, -0.25) is 4.79 Å². The number of benzene rings is 4. The zero-order valence-corrected chi connectivity index (χ0v) is 26.3. The largest absolute Gasteiger partial charge is 0.469 e. The number of hydrogen-bond donors (Lipinski definition) is 0. The van der Waals surface area contributed by atoms with Crippen molar-refractivity contribution in [2.24, 2.45) is 11.8 Å². The topological polar surface area (TPSA) is 96.0 Å². The van der Waals surface area contributed by atoms with E-state index in [0.29, 0.717) is 30.4 Å². The third-order valence-electron chi connectivity index (χ3n) is 8.57. The smallest absolute Gasteiger partial charge is 0.338 e. The first-order valence-corrected chi connectivity index (χ1v) is 15.9. The second-order valence-corrected chi connectivity index (χ2v) is 11.6. The minimum Gasteiger partial charge on any atom is -0.469 e. The van der Waals surface area contributed by atoms with Crippen LogP contribution in [0.3, 0.4) is 0 Å². The fourth-order valence-electron chi connectivity index (χ4n) is 6.01. The monoisotopic (exact) mass is 630 g/mol. The molecule has 0 amide bonds. The van der Waals surface area contributed by atoms with E-state index in [4.69, 9.17) is 9.47 Å². The maximum absolute atomic E-state index is 13.3. The molecule has 0 heterocycles. The van der Waals surface area contributed by atoms with Gasteiger partial charge in [-0.25, -0.2) is 9.59 Å². The standard InChI is InChI=1S/C40H38O7/c1-45-38(42)17-11-3-2-10-16-34-35(27-41)37(47-40(44)33-24-20-31(21-25-33)29-14-8-5-9-15-29)26-36(34)46-39(43)32-22-18-30(19-23-32)28-12-6-4-7-13-28/h2-9,12-15,18-25,27,34-37H,10-11,16-17,26H2,1H3/t34-,35-,36+,37-/m1/s1. The van der Waals surface area contributed by atoms with Crippen LogP contribution in [0.2, 0.25) is 0 Å². The third-order valence-corrected chi connectivity index (χ3v) is 8.57. The number of methoxy groups -OCH3 is 1. The second kappa shape index (κ2) is 16.3. The average Bonchev–Trinajstić information content (AvgIpc) is 3.44. The van der Waals surface area contributed by atoms with E-state index in [1.165, 1.54) is 7.11 Å². The highest BCUT2D eigenvalue weighted by atomic mass is 16.6. The first-order valence-electron chi connectivity index (χ1n) is 15.9. The molecule has 0 radical (unpaired) electrons. The van der Waals surface area contributed by atoms with Crippen molar-refractivity contribution in [2.45, 2.75) is 44.3 Å². The first kappa shape index (κ1) is 33.1. The Hall–Kier alpha value is -5.30. The number of rotatable bonds is 13. The molecule has 4 atom stereocenters. The fourth-order valence-corrected chi connectivity index (χ4v) is 6.01. The number of ether oxygens (including phenoxy) is 3. The quantitative estimate of drug-likeness (QED) is 0.0641. The molecule has 1 aliphatic rings. The molecule has 4 aromatic carbocycles. The highest BCUT2D eigenvalue weighted by Crippen LogP contribution is 2.39. The van der Waals surface area contributed by atoms with Crippen molar-refractivity contribution in [2.75, 3.05) is 7.11 Å². The van der Waals surface area contributed by atoms with Crippen LogP contribution < -0.4 is 0 Å². The molecule has 0 aromatic heterocycles. The minimum atomic E-state index is -0.750. The number of carbonyl (C=O) groups is 4. The summed E-state index contributed by atoms with van der Waals surface area (Å²) >= 11 is 0. The van der Waals surface area contributed by atoms with Gasteiger partial charge in [0.1, 0.15) is 18.5 Å². The highest BCUT2D eigenvalue weighted by molar-refractivity contribution is 5.91. The van der Waals surface area contributed by atoms with Crippen LogP contribution in [-0.4, -0.2) is 43.5 Å². The van der Waals surface area contributed by atoms with E-state index in [1.54, 1.807) is 24.3 Å². The van der Waals surface area contributed by atoms with Gasteiger partial charge in [-0.05, 0) is 65.8 Å². The zero-order chi connectivity index (χ0) is 33.0. The number of hydrogen-bond acceptors (Lipinski definition) is 7. The van der Waals surface area contributed by atoms with Crippen molar-refractivity contribution in [1.82, 2.24) is 0 Å². The van der Waals surface area contributed by atoms with E-state index >= 15 is 0 Å². The summed E-state index contributed by atoms with van der Waals surface area (Å²) in [7, 11) is 1.35. The van der Waals surface area contributed by atoms with Crippen LogP contribution >= 0.6 is 0 Å². The number of allylic oxidation sites excluding steroid dienone is 2. The Balaban J connectivity index is 1.28. The van der Waals surface area contributed by atoms with E-state index in [2.05, 4.69) is 4.74 Å². The van der Waals surface area contributed by atoms with E-state index in [0.717, 1.165) is 28.5 Å². The van der Waals surface area contributed by atoms with Crippen molar-refractivity contribution in [3.8, 4) is 22.3 Å². The molecule has 5 rings (SSSR count). The van der Waals surface area contributed by atoms with Gasteiger partial charge in [0.15, 0.2) is 0 Å². The van der Waals surface area contributed by atoms with Gasteiger partial charge in [0.05, 0.1) is 24.2 Å². The molecule has 0 saturated heterocycles. The molecular formula is C40H38O7. The maximum Gasteiger partial charge on any atom is 0.338 e. The molecule has 240 valence electrons. The van der Waals surface area contributed by atoms with Crippen molar-refractivity contribution >= 4 is 24.2 Å². The Morgan fingerprint density at radius 1 is 0.638 bits per heavy atom. The normalized spacial score (nSPS) is 18.8. The summed E-state index contributed by atoms with van der Waals surface area (Å²) in [5, 5.41) is 0. The summed E-state index contributed by atoms with van der Waals surface area (Å²) in [4.78, 5) is 50.4. The molecular weight excluding hydrogens is 592 g/mol. The Kier molecular flexibility index (Phi) is 11.5. The molecule has 7 heteroatoms. The van der Waals surface area contributed by atoms with Crippen molar-refractivity contribution in [3.05, 3.63) is 132 Å². The molecule has 1 fully saturated rings. The van der Waals surface area contributed by atoms with E-state index in [9.17, 15) is 19.2 Å². The third kappa shape index (κ3) is 8.70. The van der Waals surface area contributed by atoms with Crippen LogP contribution in [0.15, 0.2) is 121 Å². The van der Waals surface area contributed by atoms with Crippen LogP contribution in [0, 0.1) is 11.8 Å². The first-order chi connectivity index (χ1) is 23.0. The summed E-state index contributed by atoms with van der Waals surface area (Å²) in [6.07, 6.45) is 5.42. The van der Waals surface area contributed by atoms with Crippen molar-refractivity contribution in [1.29, 1.82) is 0 Å². The van der Waals surface area contributed by atoms with Crippen LogP contribution in [0.4, 0.5) is 0 Å². The van der Waals surface area contributed by atoms with Crippen LogP contribution in [0.5, 0.6) is 0 Å². The SMILES string of the molecule is COC(=O)CCC=CCC[C@@H]1[C@@H](C=O)[C@H](OC(=O)c2ccc(-c3ccccc3)cc2)C[C@@H]1OC(=O)c1ccc(-c2ccccc2)cc1. The average molecular weight is 631 g/mol. The predicted molar refractivity (Wildman–Crippen MR) is 179 cm³/mol. The van der Waals surface area contributed by atoms with Gasteiger partial charge >= 0.3 is 17.9 Å². The Morgan fingerprint density at radius 3 is 1.60 bits per heavy atom. The molecule has 0 unspecified atom stereocenters. The van der Waals surface area contributed by atoms with Gasteiger partial charge in [0.25, 0.3) is 0 Å². The van der Waals surface area contributed by atoms with Crippen LogP contribution in [0.1, 0.15) is 52.8 Å². The lowest BCUT2D eigenvalue weighted by Crippen LogP contribution is -2.28. The molecule has 0 spiro atoms. The van der Waals surface area contributed by atoms with Crippen molar-refractivity contribution < 1.29 is 33.4 Å². The maximum atomic E-state index is 13.3. The van der Waals surface area contributed by atoms with E-state index in [-0.39, 0.29) is 24.7 Å². The molecule has 1 saturated carbocycles. The summed E-state index contributed by atoms with van der Waals surface area (Å²) in [5.41, 5.74) is 4.79. The summed E-state index contributed by atoms with van der Waals surface area (Å²) in [5.74, 6) is -2.32. The van der Waals surface area contributed by atoms with Crippen molar-refractivity contribution in [3.63, 3.8) is 0 Å². The predicted octanol–water partition coefficient (Wildman–Crippen LogP) is 7.90. The van der Waals surface area contributed by atoms with Crippen LogP contribution in [0.25, 0.3) is 22.3 Å². The fraction of sp³-hybridized carbons (Fsp3) is 0.250. The lowest BCUT2D eigenvalue weighted by molar-refractivity contribution is -0.140. The molecule has 47 heavy (non-hydrogen) atoms. The van der Waals surface area contributed by atoms with Gasteiger partial charge in [0.2, 0.25) is 0 Å². The molecule has 0 bridgehead atoms. The number of esters is 3. The minimum absolute atomic E-state index is 0.210. The second-order valence-electron chi connectivity index (χ2n) is 11.6. The summed E-state index contributed by atoms with van der Waals surface area (Å²) in [6, 6.07) is 34.1. The molecule has 0 N–H and O–H groups in total. The summed E-state index contributed by atoms with van der Waals surface area (Å²) in [6.45, 7) is 0. The number of aldehydes is 1. The summed E-state index contributed by atoms with van der Waals surface area (Å²) < 4.78 is 16.6. The molecule has 1 aliphatic carbocycles. The van der Waals surface area contributed by atoms with Gasteiger partial charge in [-0.1, -0.05) is 97.1 Å². The number of carbonyl (C=O) groups excluding carboxylic acids is 4. The van der Waals surface area contributed by atoms with Gasteiger partial charge in [-0.2, -0.15) is 0 Å². The Labute approximate surface area is 275 Å². The lowest BCUT2D eigenvalue weighted by atomic mass is 9.90. The van der Waals surface area contributed by atoms with Gasteiger partial charge in [0, 0.05) is 18.8 Å². The zero-order valence-electron chi connectivity index (χ0n) is 26.3. The van der Waals surface area contributed by atoms with Gasteiger partial charge < -0.3 is 19.0 Å². The van der Waals surface area contributed by atoms with E-state index < -0.39 is 30.1 Å². The molecule has 4 aromatic rings. The highest BCUT2D eigenvalue weighted by Gasteiger charge is 2.47. The Morgan fingerprint density at radius 2 is 1.11 bits per heavy atom. The lowest BCUT2D eigenvalue weighted by Gasteiger charge is -2.22. The molecule has 0 aliphatic heterocycles. The van der Waals surface area contributed by atoms with Crippen LogP contribution in [-0.2, 0) is 23.8 Å². The Bertz CT molecular complexity index is 1660. The molecule has 7 nitrogen and oxygen atoms in total. The van der Waals surface area contributed by atoms with E-state index in [1.807, 2.05) is 97.1 Å². The van der Waals surface area contributed by atoms with Gasteiger partial charge in [-0.15, -0.1) is 0 Å².